The third-order valence-corrected chi connectivity index (χ3v) is 5.92. The van der Waals surface area contributed by atoms with Crippen molar-refractivity contribution < 1.29 is 19.4 Å². The van der Waals surface area contributed by atoms with Crippen molar-refractivity contribution in [1.82, 2.24) is 9.55 Å². The van der Waals surface area contributed by atoms with Crippen molar-refractivity contribution in [2.75, 3.05) is 31.5 Å². The molecule has 0 bridgehead atoms. The van der Waals surface area contributed by atoms with Gasteiger partial charge in [0.05, 0.1) is 55.1 Å². The predicted molar refractivity (Wildman–Crippen MR) is 145 cm³/mol. The summed E-state index contributed by atoms with van der Waals surface area (Å²) in [7, 11) is 3.09. The topological polar surface area (TPSA) is 115 Å². The Bertz CT molecular complexity index is 1520. The molecule has 2 heterocycles. The van der Waals surface area contributed by atoms with Crippen LogP contribution < -0.4 is 25.7 Å². The molecule has 9 nitrogen and oxygen atoms in total. The van der Waals surface area contributed by atoms with Crippen LogP contribution in [0.2, 0.25) is 0 Å². The van der Waals surface area contributed by atoms with Gasteiger partial charge in [-0.15, -0.1) is 0 Å². The lowest BCUT2D eigenvalue weighted by Crippen LogP contribution is -2.24. The van der Waals surface area contributed by atoms with Gasteiger partial charge in [0.2, 0.25) is 5.91 Å². The van der Waals surface area contributed by atoms with Gasteiger partial charge in [0.1, 0.15) is 11.5 Å². The Kier molecular flexibility index (Phi) is 7.55. The van der Waals surface area contributed by atoms with E-state index in [1.807, 2.05) is 19.1 Å². The molecule has 0 fully saturated rings. The minimum absolute atomic E-state index is 0.0837. The monoisotopic (exact) mass is 500 g/mol. The standard InChI is InChI=1S/C28H28N4O5/c1-5-26(34)31-23-8-6-7-17(2)27(23)30-19-13-25-24(29-16-19)15-22(28(35)32(25)9-10-33)18-11-20(36-3)14-21(12-18)37-4/h5-8,11-16,30,33H,1,9-10H2,2-4H3,(H,31,34). The minimum atomic E-state index is -0.330. The highest BCUT2D eigenvalue weighted by atomic mass is 16.5. The molecule has 190 valence electrons. The number of carbonyl (C=O) groups excluding carboxylic acids is 1. The van der Waals surface area contributed by atoms with Gasteiger partial charge < -0.3 is 29.8 Å². The van der Waals surface area contributed by atoms with Crippen molar-refractivity contribution in [2.45, 2.75) is 13.5 Å². The maximum absolute atomic E-state index is 13.6. The zero-order valence-electron chi connectivity index (χ0n) is 20.9. The second kappa shape index (κ2) is 11.0. The highest BCUT2D eigenvalue weighted by Crippen LogP contribution is 2.32. The highest BCUT2D eigenvalue weighted by molar-refractivity contribution is 6.02. The third kappa shape index (κ3) is 5.31. The van der Waals surface area contributed by atoms with Crippen LogP contribution in [-0.2, 0) is 11.3 Å². The van der Waals surface area contributed by atoms with E-state index in [-0.39, 0.29) is 24.6 Å². The second-order valence-electron chi connectivity index (χ2n) is 8.28. The summed E-state index contributed by atoms with van der Waals surface area (Å²) in [6.07, 6.45) is 2.85. The SMILES string of the molecule is C=CC(=O)Nc1cccc(C)c1Nc1cnc2cc(-c3cc(OC)cc(OC)c3)c(=O)n(CCO)c2c1. The second-order valence-corrected chi connectivity index (χ2v) is 8.28. The van der Waals surface area contributed by atoms with Crippen LogP contribution in [0.15, 0.2) is 72.2 Å². The molecule has 0 saturated carbocycles. The number of aliphatic hydroxyl groups is 1. The molecule has 0 aliphatic rings. The number of methoxy groups -OCH3 is 2. The number of pyridine rings is 2. The Labute approximate surface area is 214 Å². The van der Waals surface area contributed by atoms with Crippen LogP contribution in [0.25, 0.3) is 22.2 Å². The summed E-state index contributed by atoms with van der Waals surface area (Å²) in [6.45, 7) is 5.27. The lowest BCUT2D eigenvalue weighted by Gasteiger charge is -2.17. The van der Waals surface area contributed by atoms with Gasteiger partial charge in [0, 0.05) is 18.2 Å². The Morgan fingerprint density at radius 2 is 1.86 bits per heavy atom. The molecule has 4 rings (SSSR count). The zero-order chi connectivity index (χ0) is 26.5. The number of rotatable bonds is 9. The van der Waals surface area contributed by atoms with Gasteiger partial charge in [-0.25, -0.2) is 0 Å². The van der Waals surface area contributed by atoms with Gasteiger partial charge in [0.15, 0.2) is 0 Å². The number of anilines is 3. The first-order valence-electron chi connectivity index (χ1n) is 11.6. The average Bonchev–Trinajstić information content (AvgIpc) is 2.91. The van der Waals surface area contributed by atoms with Crippen molar-refractivity contribution in [2.24, 2.45) is 0 Å². The molecule has 3 N–H and O–H groups in total. The summed E-state index contributed by atoms with van der Waals surface area (Å²) < 4.78 is 12.2. The molecule has 0 aliphatic carbocycles. The van der Waals surface area contributed by atoms with E-state index in [2.05, 4.69) is 22.2 Å². The van der Waals surface area contributed by atoms with Crippen LogP contribution in [0.3, 0.4) is 0 Å². The van der Waals surface area contributed by atoms with Crippen LogP contribution in [0.4, 0.5) is 17.1 Å². The Morgan fingerprint density at radius 1 is 1.14 bits per heavy atom. The van der Waals surface area contributed by atoms with Crippen LogP contribution >= 0.6 is 0 Å². The number of aliphatic hydroxyl groups excluding tert-OH is 1. The van der Waals surface area contributed by atoms with E-state index in [4.69, 9.17) is 9.47 Å². The van der Waals surface area contributed by atoms with Gasteiger partial charge >= 0.3 is 0 Å². The number of amides is 1. The summed E-state index contributed by atoms with van der Waals surface area (Å²) in [5.41, 5.74) is 4.63. The Hall–Kier alpha value is -4.63. The predicted octanol–water partition coefficient (Wildman–Crippen LogP) is 4.25. The number of hydrogen-bond donors (Lipinski definition) is 3. The number of para-hydroxylation sites is 1. The molecule has 0 atom stereocenters. The van der Waals surface area contributed by atoms with E-state index < -0.39 is 0 Å². The van der Waals surface area contributed by atoms with Crippen molar-refractivity contribution in [3.8, 4) is 22.6 Å². The van der Waals surface area contributed by atoms with E-state index in [0.29, 0.717) is 50.7 Å². The van der Waals surface area contributed by atoms with E-state index in [1.165, 1.54) is 10.6 Å². The third-order valence-electron chi connectivity index (χ3n) is 5.92. The number of nitrogens with one attached hydrogen (secondary N) is 2. The summed E-state index contributed by atoms with van der Waals surface area (Å²) in [5.74, 6) is 0.768. The molecule has 1 amide bonds. The van der Waals surface area contributed by atoms with E-state index in [0.717, 1.165) is 5.56 Å². The van der Waals surface area contributed by atoms with Gasteiger partial charge in [-0.05, 0) is 54.5 Å². The van der Waals surface area contributed by atoms with Crippen molar-refractivity contribution in [3.63, 3.8) is 0 Å². The molecular formula is C28H28N4O5. The summed E-state index contributed by atoms with van der Waals surface area (Å²) in [5, 5.41) is 15.8. The van der Waals surface area contributed by atoms with Gasteiger partial charge in [-0.1, -0.05) is 18.7 Å². The first-order valence-corrected chi connectivity index (χ1v) is 11.6. The van der Waals surface area contributed by atoms with E-state index >= 15 is 0 Å². The molecule has 0 saturated heterocycles. The number of benzene rings is 2. The van der Waals surface area contributed by atoms with Crippen LogP contribution in [0, 0.1) is 6.92 Å². The molecule has 37 heavy (non-hydrogen) atoms. The first kappa shape index (κ1) is 25.5. The first-order chi connectivity index (χ1) is 17.9. The number of ether oxygens (including phenoxy) is 2. The smallest absolute Gasteiger partial charge is 0.259 e. The fraction of sp³-hybridized carbons (Fsp3) is 0.179. The highest BCUT2D eigenvalue weighted by Gasteiger charge is 2.15. The molecule has 4 aromatic rings. The molecule has 9 heteroatoms. The zero-order valence-corrected chi connectivity index (χ0v) is 20.9. The number of nitrogens with zero attached hydrogens (tertiary/aromatic N) is 2. The van der Waals surface area contributed by atoms with Crippen LogP contribution in [0.5, 0.6) is 11.5 Å². The maximum atomic E-state index is 13.6. The van der Waals surface area contributed by atoms with Gasteiger partial charge in [-0.3, -0.25) is 14.6 Å². The van der Waals surface area contributed by atoms with Crippen LogP contribution in [0.1, 0.15) is 5.56 Å². The fourth-order valence-corrected chi connectivity index (χ4v) is 4.07. The molecular weight excluding hydrogens is 472 g/mol. The van der Waals surface area contributed by atoms with Gasteiger partial charge in [-0.2, -0.15) is 0 Å². The van der Waals surface area contributed by atoms with Crippen molar-refractivity contribution in [1.29, 1.82) is 0 Å². The molecule has 0 aliphatic heterocycles. The fourth-order valence-electron chi connectivity index (χ4n) is 4.07. The van der Waals surface area contributed by atoms with Crippen molar-refractivity contribution >= 4 is 34.0 Å². The number of fused-ring (bicyclic) bond motifs is 1. The lowest BCUT2D eigenvalue weighted by atomic mass is 10.1. The lowest BCUT2D eigenvalue weighted by molar-refractivity contribution is -0.111. The summed E-state index contributed by atoms with van der Waals surface area (Å²) >= 11 is 0. The summed E-state index contributed by atoms with van der Waals surface area (Å²) in [4.78, 5) is 30.1. The normalized spacial score (nSPS) is 10.7. The molecule has 0 spiro atoms. The number of aryl methyl sites for hydroxylation is 1. The van der Waals surface area contributed by atoms with E-state index in [1.54, 1.807) is 56.8 Å². The summed E-state index contributed by atoms with van der Waals surface area (Å²) in [6, 6.07) is 14.3. The molecule has 2 aromatic heterocycles. The molecule has 0 unspecified atom stereocenters. The number of aromatic nitrogens is 2. The molecule has 2 aromatic carbocycles. The average molecular weight is 501 g/mol. The van der Waals surface area contributed by atoms with E-state index in [9.17, 15) is 14.7 Å². The number of hydrogen-bond acceptors (Lipinski definition) is 7. The Morgan fingerprint density at radius 3 is 2.51 bits per heavy atom. The quantitative estimate of drug-likeness (QED) is 0.294. The minimum Gasteiger partial charge on any atom is -0.497 e. The number of carbonyl (C=O) groups is 1. The maximum Gasteiger partial charge on any atom is 0.259 e. The van der Waals surface area contributed by atoms with Crippen molar-refractivity contribution in [3.05, 3.63) is 83.3 Å². The van der Waals surface area contributed by atoms with Gasteiger partial charge in [0.25, 0.3) is 5.56 Å². The largest absolute Gasteiger partial charge is 0.497 e. The molecule has 0 radical (unpaired) electrons. The van der Waals surface area contributed by atoms with Crippen LogP contribution in [-0.4, -0.2) is 41.4 Å². The Balaban J connectivity index is 1.83.